The highest BCUT2D eigenvalue weighted by molar-refractivity contribution is 5.98. The molecule has 1 amide bonds. The number of benzene rings is 2. The Hall–Kier alpha value is -3.60. The molecular weight excluding hydrogens is 362 g/mol. The lowest BCUT2D eigenvalue weighted by Crippen LogP contribution is -2.24. The molecule has 2 aromatic heterocycles. The Morgan fingerprint density at radius 2 is 1.76 bits per heavy atom. The highest BCUT2D eigenvalue weighted by Gasteiger charge is 2.16. The topological polar surface area (TPSA) is 60.1 Å². The second-order valence-corrected chi connectivity index (χ2v) is 6.91. The summed E-state index contributed by atoms with van der Waals surface area (Å²) in [7, 11) is 0. The minimum Gasteiger partial charge on any atom is -0.459 e. The van der Waals surface area contributed by atoms with Crippen LogP contribution in [0.15, 0.2) is 83.6 Å². The van der Waals surface area contributed by atoms with Crippen LogP contribution in [0.1, 0.15) is 28.2 Å². The Morgan fingerprint density at radius 3 is 2.52 bits per heavy atom. The van der Waals surface area contributed by atoms with Crippen LogP contribution in [-0.2, 0) is 6.42 Å². The Bertz CT molecular complexity index is 1080. The molecule has 0 aliphatic carbocycles. The second-order valence-electron chi connectivity index (χ2n) is 6.91. The number of nitrogens with zero attached hydrogens (tertiary/aromatic N) is 2. The van der Waals surface area contributed by atoms with E-state index in [0.29, 0.717) is 12.3 Å². The van der Waals surface area contributed by atoms with E-state index < -0.39 is 0 Å². The van der Waals surface area contributed by atoms with Crippen LogP contribution in [0, 0.1) is 6.92 Å². The van der Waals surface area contributed by atoms with Gasteiger partial charge in [-0.05, 0) is 49.1 Å². The predicted molar refractivity (Wildman–Crippen MR) is 113 cm³/mol. The molecule has 4 rings (SSSR count). The summed E-state index contributed by atoms with van der Waals surface area (Å²) in [6.45, 7) is 2.59. The van der Waals surface area contributed by atoms with Crippen molar-refractivity contribution in [3.8, 4) is 16.8 Å². The molecular formula is C24H23N3O2. The number of nitrogens with one attached hydrogen (secondary N) is 1. The summed E-state index contributed by atoms with van der Waals surface area (Å²) in [6.07, 6.45) is 5.29. The molecule has 0 aliphatic rings. The molecule has 0 saturated heterocycles. The fraction of sp³-hybridized carbons (Fsp3) is 0.167. The third kappa shape index (κ3) is 4.29. The van der Waals surface area contributed by atoms with Gasteiger partial charge < -0.3 is 9.73 Å². The first kappa shape index (κ1) is 18.7. The molecule has 0 radical (unpaired) electrons. The molecule has 0 atom stereocenters. The minimum atomic E-state index is -0.189. The van der Waals surface area contributed by atoms with E-state index in [2.05, 4.69) is 16.6 Å². The van der Waals surface area contributed by atoms with Crippen molar-refractivity contribution >= 4 is 5.91 Å². The van der Waals surface area contributed by atoms with Crippen molar-refractivity contribution in [2.45, 2.75) is 19.8 Å². The Balaban J connectivity index is 1.33. The number of amides is 1. The Kier molecular flexibility index (Phi) is 5.56. The first-order valence-electron chi connectivity index (χ1n) is 9.74. The molecule has 5 nitrogen and oxygen atoms in total. The molecule has 2 aromatic carbocycles. The zero-order valence-corrected chi connectivity index (χ0v) is 16.3. The molecule has 0 saturated carbocycles. The first-order valence-corrected chi connectivity index (χ1v) is 9.74. The fourth-order valence-electron chi connectivity index (χ4n) is 3.35. The van der Waals surface area contributed by atoms with Crippen molar-refractivity contribution in [3.05, 3.63) is 96.2 Å². The van der Waals surface area contributed by atoms with Crippen LogP contribution < -0.4 is 5.32 Å². The van der Waals surface area contributed by atoms with Crippen LogP contribution in [0.25, 0.3) is 16.8 Å². The van der Waals surface area contributed by atoms with Crippen molar-refractivity contribution in [1.29, 1.82) is 0 Å². The molecule has 4 aromatic rings. The summed E-state index contributed by atoms with van der Waals surface area (Å²) in [5.74, 6) is 0.162. The monoisotopic (exact) mass is 385 g/mol. The largest absolute Gasteiger partial charge is 0.459 e. The van der Waals surface area contributed by atoms with Gasteiger partial charge in [-0.2, -0.15) is 5.10 Å². The van der Waals surface area contributed by atoms with Crippen LogP contribution in [0.5, 0.6) is 0 Å². The molecule has 1 N–H and O–H groups in total. The highest BCUT2D eigenvalue weighted by atomic mass is 16.3. The average Bonchev–Trinajstić information content (AvgIpc) is 3.39. The van der Waals surface area contributed by atoms with Crippen LogP contribution in [0.2, 0.25) is 0 Å². The van der Waals surface area contributed by atoms with Gasteiger partial charge in [-0.3, -0.25) is 4.79 Å². The molecule has 29 heavy (non-hydrogen) atoms. The Morgan fingerprint density at radius 1 is 1.03 bits per heavy atom. The van der Waals surface area contributed by atoms with E-state index >= 15 is 0 Å². The maximum absolute atomic E-state index is 12.5. The van der Waals surface area contributed by atoms with Crippen molar-refractivity contribution in [1.82, 2.24) is 15.1 Å². The van der Waals surface area contributed by atoms with Crippen molar-refractivity contribution < 1.29 is 9.21 Å². The van der Waals surface area contributed by atoms with Gasteiger partial charge in [0.15, 0.2) is 5.76 Å². The quantitative estimate of drug-likeness (QED) is 0.465. The zero-order chi connectivity index (χ0) is 20.1. The van der Waals surface area contributed by atoms with Crippen LogP contribution in [0.4, 0.5) is 0 Å². The van der Waals surface area contributed by atoms with Crippen LogP contribution >= 0.6 is 0 Å². The maximum Gasteiger partial charge on any atom is 0.287 e. The van der Waals surface area contributed by atoms with Gasteiger partial charge in [-0.15, -0.1) is 0 Å². The van der Waals surface area contributed by atoms with E-state index in [-0.39, 0.29) is 5.91 Å². The summed E-state index contributed by atoms with van der Waals surface area (Å²) < 4.78 is 7.34. The molecule has 5 heteroatoms. The first-order chi connectivity index (χ1) is 14.2. The summed E-state index contributed by atoms with van der Waals surface area (Å²) >= 11 is 0. The molecule has 2 heterocycles. The van der Waals surface area contributed by atoms with E-state index in [1.807, 2.05) is 78.3 Å². The number of aromatic nitrogens is 2. The predicted octanol–water partition coefficient (Wildman–Crippen LogP) is 4.80. The summed E-state index contributed by atoms with van der Waals surface area (Å²) in [4.78, 5) is 12.5. The van der Waals surface area contributed by atoms with Gasteiger partial charge in [0.1, 0.15) is 0 Å². The van der Waals surface area contributed by atoms with E-state index in [0.717, 1.165) is 35.3 Å². The standard InChI is InChI=1S/C24H23N3O2/c1-18-20(17-27(26-18)21-12-6-3-7-13-21)11-8-15-25-24(28)23-22(14-16-29-23)19-9-4-2-5-10-19/h2-7,9-10,12-14,16-17H,8,11,15H2,1H3,(H,25,28). The maximum atomic E-state index is 12.5. The second kappa shape index (κ2) is 8.61. The lowest BCUT2D eigenvalue weighted by Gasteiger charge is -2.05. The molecule has 0 aliphatic heterocycles. The normalized spacial score (nSPS) is 10.8. The van der Waals surface area contributed by atoms with Crippen molar-refractivity contribution in [3.63, 3.8) is 0 Å². The number of carbonyl (C=O) groups is 1. The van der Waals surface area contributed by atoms with Gasteiger partial charge in [0.05, 0.1) is 17.6 Å². The molecule has 0 spiro atoms. The molecule has 0 unspecified atom stereocenters. The fourth-order valence-corrected chi connectivity index (χ4v) is 3.35. The number of para-hydroxylation sites is 1. The van der Waals surface area contributed by atoms with Gasteiger partial charge in [-0.25, -0.2) is 4.68 Å². The number of aryl methyl sites for hydroxylation is 2. The average molecular weight is 385 g/mol. The van der Waals surface area contributed by atoms with Crippen LogP contribution in [-0.4, -0.2) is 22.2 Å². The van der Waals surface area contributed by atoms with Gasteiger partial charge >= 0.3 is 0 Å². The number of carbonyl (C=O) groups excluding carboxylic acids is 1. The zero-order valence-electron chi connectivity index (χ0n) is 16.3. The molecule has 0 fully saturated rings. The van der Waals surface area contributed by atoms with Gasteiger partial charge in [-0.1, -0.05) is 48.5 Å². The molecule has 146 valence electrons. The van der Waals surface area contributed by atoms with E-state index in [4.69, 9.17) is 4.42 Å². The van der Waals surface area contributed by atoms with E-state index in [9.17, 15) is 4.79 Å². The summed E-state index contributed by atoms with van der Waals surface area (Å²) in [6, 6.07) is 21.7. The third-order valence-corrected chi connectivity index (χ3v) is 4.89. The van der Waals surface area contributed by atoms with Crippen LogP contribution in [0.3, 0.4) is 0 Å². The molecule has 0 bridgehead atoms. The van der Waals surface area contributed by atoms with Gasteiger partial charge in [0.2, 0.25) is 0 Å². The van der Waals surface area contributed by atoms with E-state index in [1.165, 1.54) is 5.56 Å². The van der Waals surface area contributed by atoms with Gasteiger partial charge in [0, 0.05) is 18.3 Å². The number of rotatable bonds is 7. The number of hydrogen-bond donors (Lipinski definition) is 1. The van der Waals surface area contributed by atoms with Crippen molar-refractivity contribution in [2.75, 3.05) is 6.54 Å². The Labute approximate surface area is 170 Å². The van der Waals surface area contributed by atoms with Gasteiger partial charge in [0.25, 0.3) is 5.91 Å². The number of furan rings is 1. The SMILES string of the molecule is Cc1nn(-c2ccccc2)cc1CCCNC(=O)c1occc1-c1ccccc1. The lowest BCUT2D eigenvalue weighted by atomic mass is 10.1. The minimum absolute atomic E-state index is 0.189. The highest BCUT2D eigenvalue weighted by Crippen LogP contribution is 2.24. The summed E-state index contributed by atoms with van der Waals surface area (Å²) in [5.41, 5.74) is 5.02. The summed E-state index contributed by atoms with van der Waals surface area (Å²) in [5, 5.41) is 7.56. The van der Waals surface area contributed by atoms with Crippen molar-refractivity contribution in [2.24, 2.45) is 0 Å². The van der Waals surface area contributed by atoms with E-state index in [1.54, 1.807) is 6.26 Å². The lowest BCUT2D eigenvalue weighted by molar-refractivity contribution is 0.0926. The smallest absolute Gasteiger partial charge is 0.287 e. The third-order valence-electron chi connectivity index (χ3n) is 4.89. The number of hydrogen-bond acceptors (Lipinski definition) is 3.